The number of aromatic nitrogens is 3. The summed E-state index contributed by atoms with van der Waals surface area (Å²) in [4.78, 5) is 14.9. The molecule has 3 heterocycles. The standard InChI is InChI=1S/C22H26N4O3/c1-15-16(2)24-29-22(15)18-13-25(3)23-21(18)19-11-7-8-12-26(19)20(27)14-28-17-9-5-4-6-10-17/h4-6,9-10,13,19H,7-8,11-12,14H2,1-3H3. The zero-order valence-corrected chi connectivity index (χ0v) is 17.1. The van der Waals surface area contributed by atoms with Crippen molar-refractivity contribution in [1.82, 2.24) is 19.8 Å². The zero-order valence-electron chi connectivity index (χ0n) is 17.1. The van der Waals surface area contributed by atoms with E-state index >= 15 is 0 Å². The van der Waals surface area contributed by atoms with E-state index in [4.69, 9.17) is 14.4 Å². The van der Waals surface area contributed by atoms with Gasteiger partial charge in [0.25, 0.3) is 5.91 Å². The summed E-state index contributed by atoms with van der Waals surface area (Å²) in [5.74, 6) is 1.39. The summed E-state index contributed by atoms with van der Waals surface area (Å²) in [6.07, 6.45) is 4.85. The number of piperidine rings is 1. The Morgan fingerprint density at radius 3 is 2.76 bits per heavy atom. The Hall–Kier alpha value is -3.09. The number of ether oxygens (including phenoxy) is 1. The van der Waals surface area contributed by atoms with E-state index < -0.39 is 0 Å². The first kappa shape index (κ1) is 19.2. The van der Waals surface area contributed by atoms with Crippen LogP contribution < -0.4 is 4.74 Å². The van der Waals surface area contributed by atoms with Gasteiger partial charge in [0.05, 0.1) is 23.0 Å². The van der Waals surface area contributed by atoms with Gasteiger partial charge in [0, 0.05) is 25.4 Å². The molecule has 0 N–H and O–H groups in total. The normalized spacial score (nSPS) is 16.8. The summed E-state index contributed by atoms with van der Waals surface area (Å²) in [5.41, 5.74) is 3.63. The van der Waals surface area contributed by atoms with Crippen molar-refractivity contribution in [2.24, 2.45) is 7.05 Å². The Bertz CT molecular complexity index is 993. The molecule has 1 aliphatic heterocycles. The Kier molecular flexibility index (Phi) is 5.38. The molecule has 152 valence electrons. The van der Waals surface area contributed by atoms with E-state index in [1.807, 2.05) is 62.3 Å². The van der Waals surface area contributed by atoms with Crippen molar-refractivity contribution >= 4 is 5.91 Å². The second-order valence-electron chi connectivity index (χ2n) is 7.52. The molecule has 4 rings (SSSR count). The number of aryl methyl sites for hydroxylation is 2. The van der Waals surface area contributed by atoms with Gasteiger partial charge in [-0.15, -0.1) is 0 Å². The molecule has 1 aliphatic rings. The topological polar surface area (TPSA) is 73.4 Å². The molecule has 7 nitrogen and oxygen atoms in total. The van der Waals surface area contributed by atoms with Gasteiger partial charge >= 0.3 is 0 Å². The minimum absolute atomic E-state index is 0.0170. The Morgan fingerprint density at radius 2 is 2.03 bits per heavy atom. The SMILES string of the molecule is Cc1noc(-c2cn(C)nc2C2CCCCN2C(=O)COc2ccccc2)c1C. The fourth-order valence-electron chi connectivity index (χ4n) is 3.85. The second-order valence-corrected chi connectivity index (χ2v) is 7.52. The van der Waals surface area contributed by atoms with Crippen LogP contribution >= 0.6 is 0 Å². The minimum Gasteiger partial charge on any atom is -0.484 e. The van der Waals surface area contributed by atoms with E-state index in [0.717, 1.165) is 47.5 Å². The molecule has 0 spiro atoms. The van der Waals surface area contributed by atoms with Crippen LogP contribution in [-0.2, 0) is 11.8 Å². The highest BCUT2D eigenvalue weighted by Crippen LogP contribution is 2.37. The minimum atomic E-state index is -0.100. The zero-order chi connectivity index (χ0) is 20.4. The fourth-order valence-corrected chi connectivity index (χ4v) is 3.85. The lowest BCUT2D eigenvalue weighted by Crippen LogP contribution is -2.41. The molecule has 1 atom stereocenters. The summed E-state index contributed by atoms with van der Waals surface area (Å²) >= 11 is 0. The van der Waals surface area contributed by atoms with Crippen LogP contribution in [-0.4, -0.2) is 38.9 Å². The molecule has 1 unspecified atom stereocenters. The molecule has 0 aliphatic carbocycles. The molecule has 29 heavy (non-hydrogen) atoms. The van der Waals surface area contributed by atoms with Gasteiger partial charge in [-0.1, -0.05) is 23.4 Å². The van der Waals surface area contributed by atoms with Crippen LogP contribution in [0.15, 0.2) is 41.1 Å². The van der Waals surface area contributed by atoms with Crippen LogP contribution in [0.2, 0.25) is 0 Å². The summed E-state index contributed by atoms with van der Waals surface area (Å²) in [7, 11) is 1.89. The number of carbonyl (C=O) groups excluding carboxylic acids is 1. The number of rotatable bonds is 5. The van der Waals surface area contributed by atoms with Gasteiger partial charge in [0.2, 0.25) is 0 Å². The first-order valence-electron chi connectivity index (χ1n) is 9.98. The Labute approximate surface area is 170 Å². The predicted octanol–water partition coefficient (Wildman–Crippen LogP) is 3.82. The summed E-state index contributed by atoms with van der Waals surface area (Å²) in [6, 6.07) is 9.32. The quantitative estimate of drug-likeness (QED) is 0.658. The maximum absolute atomic E-state index is 13.0. The van der Waals surface area contributed by atoms with Crippen LogP contribution in [0.4, 0.5) is 0 Å². The average molecular weight is 394 g/mol. The van der Waals surface area contributed by atoms with Crippen LogP contribution in [0.5, 0.6) is 5.75 Å². The monoisotopic (exact) mass is 394 g/mol. The smallest absolute Gasteiger partial charge is 0.261 e. The molecule has 3 aromatic rings. The first-order valence-corrected chi connectivity index (χ1v) is 9.98. The van der Waals surface area contributed by atoms with Gasteiger partial charge in [0.1, 0.15) is 5.75 Å². The van der Waals surface area contributed by atoms with Crippen LogP contribution in [0.25, 0.3) is 11.3 Å². The first-order chi connectivity index (χ1) is 14.0. The van der Waals surface area contributed by atoms with Crippen molar-refractivity contribution in [3.63, 3.8) is 0 Å². The van der Waals surface area contributed by atoms with Gasteiger partial charge in [-0.3, -0.25) is 9.48 Å². The predicted molar refractivity (Wildman–Crippen MR) is 108 cm³/mol. The average Bonchev–Trinajstić information content (AvgIpc) is 3.29. The van der Waals surface area contributed by atoms with Crippen molar-refractivity contribution < 1.29 is 14.1 Å². The molecule has 1 amide bonds. The molecule has 1 fully saturated rings. The summed E-state index contributed by atoms with van der Waals surface area (Å²) in [5, 5.41) is 8.80. The number of amides is 1. The van der Waals surface area contributed by atoms with E-state index in [0.29, 0.717) is 12.3 Å². The van der Waals surface area contributed by atoms with Gasteiger partial charge in [0.15, 0.2) is 12.4 Å². The maximum Gasteiger partial charge on any atom is 0.261 e. The molecule has 1 saturated heterocycles. The van der Waals surface area contributed by atoms with Gasteiger partial charge in [-0.05, 0) is 45.2 Å². The van der Waals surface area contributed by atoms with E-state index in [1.165, 1.54) is 0 Å². The summed E-state index contributed by atoms with van der Waals surface area (Å²) < 4.78 is 13.1. The lowest BCUT2D eigenvalue weighted by atomic mass is 9.95. The highest BCUT2D eigenvalue weighted by molar-refractivity contribution is 5.79. The number of hydrogen-bond acceptors (Lipinski definition) is 5. The molecular formula is C22H26N4O3. The second kappa shape index (κ2) is 8.11. The number of likely N-dealkylation sites (tertiary alicyclic amines) is 1. The molecule has 7 heteroatoms. The van der Waals surface area contributed by atoms with Gasteiger partial charge < -0.3 is 14.2 Å². The van der Waals surface area contributed by atoms with Crippen molar-refractivity contribution in [2.45, 2.75) is 39.2 Å². The number of carbonyl (C=O) groups is 1. The molecule has 0 bridgehead atoms. The van der Waals surface area contributed by atoms with Gasteiger partial charge in [-0.25, -0.2) is 0 Å². The highest BCUT2D eigenvalue weighted by Gasteiger charge is 2.33. The molecular weight excluding hydrogens is 368 g/mol. The molecule has 0 saturated carbocycles. The van der Waals surface area contributed by atoms with Gasteiger partial charge in [-0.2, -0.15) is 5.10 Å². The Morgan fingerprint density at radius 1 is 1.24 bits per heavy atom. The lowest BCUT2D eigenvalue weighted by Gasteiger charge is -2.35. The third-order valence-electron chi connectivity index (χ3n) is 5.50. The largest absolute Gasteiger partial charge is 0.484 e. The number of para-hydroxylation sites is 1. The van der Waals surface area contributed by atoms with E-state index in [1.54, 1.807) is 4.68 Å². The van der Waals surface area contributed by atoms with Crippen molar-refractivity contribution in [3.05, 3.63) is 53.5 Å². The molecule has 2 aromatic heterocycles. The summed E-state index contributed by atoms with van der Waals surface area (Å²) in [6.45, 7) is 4.64. The lowest BCUT2D eigenvalue weighted by molar-refractivity contribution is -0.137. The van der Waals surface area contributed by atoms with E-state index in [2.05, 4.69) is 5.16 Å². The van der Waals surface area contributed by atoms with Crippen molar-refractivity contribution in [3.8, 4) is 17.1 Å². The van der Waals surface area contributed by atoms with Crippen molar-refractivity contribution in [2.75, 3.05) is 13.2 Å². The van der Waals surface area contributed by atoms with Crippen LogP contribution in [0.1, 0.15) is 42.3 Å². The third-order valence-corrected chi connectivity index (χ3v) is 5.50. The fraction of sp³-hybridized carbons (Fsp3) is 0.409. The Balaban J connectivity index is 1.59. The van der Waals surface area contributed by atoms with E-state index in [-0.39, 0.29) is 18.6 Å². The third kappa shape index (κ3) is 3.90. The van der Waals surface area contributed by atoms with Crippen LogP contribution in [0.3, 0.4) is 0 Å². The van der Waals surface area contributed by atoms with E-state index in [9.17, 15) is 4.79 Å². The van der Waals surface area contributed by atoms with Crippen LogP contribution in [0, 0.1) is 13.8 Å². The molecule has 0 radical (unpaired) electrons. The number of hydrogen-bond donors (Lipinski definition) is 0. The maximum atomic E-state index is 13.0. The number of nitrogens with zero attached hydrogens (tertiary/aromatic N) is 4. The molecule has 1 aromatic carbocycles. The van der Waals surface area contributed by atoms with Crippen molar-refractivity contribution in [1.29, 1.82) is 0 Å². The number of benzene rings is 1. The highest BCUT2D eigenvalue weighted by atomic mass is 16.5.